The molecule has 1 amide bonds. The fraction of sp³-hybridized carbons (Fsp3) is 0.467. The molecule has 7 heteroatoms. The fourth-order valence-corrected chi connectivity index (χ4v) is 2.46. The quantitative estimate of drug-likeness (QED) is 0.903. The third kappa shape index (κ3) is 4.41. The van der Waals surface area contributed by atoms with E-state index in [9.17, 15) is 18.4 Å². The van der Waals surface area contributed by atoms with Crippen molar-refractivity contribution >= 4 is 11.9 Å². The summed E-state index contributed by atoms with van der Waals surface area (Å²) in [5.41, 5.74) is 0. The lowest BCUT2D eigenvalue weighted by molar-refractivity contribution is -0.139. The average molecular weight is 313 g/mol. The van der Waals surface area contributed by atoms with Gasteiger partial charge in [0.25, 0.3) is 5.91 Å². The highest BCUT2D eigenvalue weighted by atomic mass is 19.1. The van der Waals surface area contributed by atoms with Crippen molar-refractivity contribution in [1.29, 1.82) is 0 Å². The van der Waals surface area contributed by atoms with Gasteiger partial charge in [0.2, 0.25) is 0 Å². The summed E-state index contributed by atoms with van der Waals surface area (Å²) >= 11 is 0. The van der Waals surface area contributed by atoms with Crippen molar-refractivity contribution in [3.8, 4) is 5.75 Å². The minimum Gasteiger partial charge on any atom is -0.481 e. The number of carboxylic acid groups (broad SMARTS) is 1. The molecule has 0 radical (unpaired) electrons. The highest BCUT2D eigenvalue weighted by molar-refractivity contribution is 5.78. The van der Waals surface area contributed by atoms with Crippen LogP contribution in [-0.4, -0.2) is 41.6 Å². The highest BCUT2D eigenvalue weighted by Gasteiger charge is 2.24. The van der Waals surface area contributed by atoms with Crippen LogP contribution in [0.1, 0.15) is 19.3 Å². The molecule has 1 aliphatic heterocycles. The zero-order valence-electron chi connectivity index (χ0n) is 11.9. The van der Waals surface area contributed by atoms with Crippen molar-refractivity contribution in [3.63, 3.8) is 0 Å². The molecule has 1 aromatic carbocycles. The maximum absolute atomic E-state index is 13.4. The van der Waals surface area contributed by atoms with E-state index < -0.39 is 17.6 Å². The van der Waals surface area contributed by atoms with Gasteiger partial charge in [-0.3, -0.25) is 9.59 Å². The van der Waals surface area contributed by atoms with Crippen molar-refractivity contribution in [3.05, 3.63) is 29.8 Å². The Hall–Kier alpha value is -2.18. The van der Waals surface area contributed by atoms with E-state index in [0.29, 0.717) is 32.0 Å². The van der Waals surface area contributed by atoms with E-state index in [1.807, 2.05) is 0 Å². The Bertz CT molecular complexity index is 556. The molecule has 0 bridgehead atoms. The van der Waals surface area contributed by atoms with Crippen molar-refractivity contribution in [2.24, 2.45) is 5.92 Å². The molecule has 1 heterocycles. The zero-order valence-corrected chi connectivity index (χ0v) is 11.9. The molecule has 0 aliphatic carbocycles. The zero-order chi connectivity index (χ0) is 16.1. The molecule has 120 valence electrons. The summed E-state index contributed by atoms with van der Waals surface area (Å²) in [4.78, 5) is 24.2. The summed E-state index contributed by atoms with van der Waals surface area (Å²) in [5.74, 6) is -2.78. The third-order valence-corrected chi connectivity index (χ3v) is 3.68. The summed E-state index contributed by atoms with van der Waals surface area (Å²) in [5, 5.41) is 8.73. The molecule has 0 unspecified atom stereocenters. The fourth-order valence-electron chi connectivity index (χ4n) is 2.46. The normalized spacial score (nSPS) is 15.6. The molecule has 22 heavy (non-hydrogen) atoms. The molecular formula is C15H17F2NO4. The predicted octanol–water partition coefficient (Wildman–Crippen LogP) is 2.06. The number of hydrogen-bond donors (Lipinski definition) is 1. The van der Waals surface area contributed by atoms with Crippen LogP contribution in [0.3, 0.4) is 0 Å². The van der Waals surface area contributed by atoms with Gasteiger partial charge in [0.15, 0.2) is 18.2 Å². The molecule has 0 spiro atoms. The van der Waals surface area contributed by atoms with Gasteiger partial charge >= 0.3 is 5.97 Å². The van der Waals surface area contributed by atoms with E-state index in [1.54, 1.807) is 4.90 Å². The third-order valence-electron chi connectivity index (χ3n) is 3.68. The van der Waals surface area contributed by atoms with Gasteiger partial charge < -0.3 is 14.7 Å². The number of carboxylic acids is 1. The maximum Gasteiger partial charge on any atom is 0.303 e. The number of carbonyl (C=O) groups excluding carboxylic acids is 1. The van der Waals surface area contributed by atoms with Gasteiger partial charge in [-0.05, 0) is 30.9 Å². The number of nitrogens with zero attached hydrogens (tertiary/aromatic N) is 1. The molecule has 1 N–H and O–H groups in total. The van der Waals surface area contributed by atoms with Crippen molar-refractivity contribution in [2.45, 2.75) is 19.3 Å². The number of aliphatic carboxylic acids is 1. The maximum atomic E-state index is 13.4. The number of piperidine rings is 1. The molecule has 0 atom stereocenters. The number of likely N-dealkylation sites (tertiary alicyclic amines) is 1. The molecule has 0 aromatic heterocycles. The number of amides is 1. The number of rotatable bonds is 5. The van der Waals surface area contributed by atoms with E-state index in [1.165, 1.54) is 0 Å². The van der Waals surface area contributed by atoms with Crippen LogP contribution >= 0.6 is 0 Å². The van der Waals surface area contributed by atoms with Crippen LogP contribution in [-0.2, 0) is 9.59 Å². The van der Waals surface area contributed by atoms with Gasteiger partial charge in [-0.15, -0.1) is 0 Å². The standard InChI is InChI=1S/C15H17F2NO4/c16-11-1-2-13(12(17)8-11)22-9-14(19)18-5-3-10(4-6-18)7-15(20)21/h1-2,8,10H,3-7,9H2,(H,20,21). The molecular weight excluding hydrogens is 296 g/mol. The van der Waals surface area contributed by atoms with Gasteiger partial charge in [-0.2, -0.15) is 0 Å². The monoisotopic (exact) mass is 313 g/mol. The van der Waals surface area contributed by atoms with Crippen LogP contribution in [0.5, 0.6) is 5.75 Å². The minimum absolute atomic E-state index is 0.0806. The van der Waals surface area contributed by atoms with Gasteiger partial charge in [0.05, 0.1) is 0 Å². The summed E-state index contributed by atoms with van der Waals surface area (Å²) in [7, 11) is 0. The van der Waals surface area contributed by atoms with E-state index in [4.69, 9.17) is 9.84 Å². The van der Waals surface area contributed by atoms with Crippen LogP contribution < -0.4 is 4.74 Å². The molecule has 1 fully saturated rings. The number of carbonyl (C=O) groups is 2. The lowest BCUT2D eigenvalue weighted by Crippen LogP contribution is -2.41. The molecule has 2 rings (SSSR count). The average Bonchev–Trinajstić information content (AvgIpc) is 2.46. The first-order valence-corrected chi connectivity index (χ1v) is 7.03. The Morgan fingerprint density at radius 1 is 1.27 bits per heavy atom. The Morgan fingerprint density at radius 2 is 1.95 bits per heavy atom. The van der Waals surface area contributed by atoms with E-state index in [-0.39, 0.29) is 30.6 Å². The van der Waals surface area contributed by atoms with Gasteiger partial charge in [-0.1, -0.05) is 0 Å². The largest absolute Gasteiger partial charge is 0.481 e. The van der Waals surface area contributed by atoms with Gasteiger partial charge in [0.1, 0.15) is 5.82 Å². The van der Waals surface area contributed by atoms with Gasteiger partial charge in [0, 0.05) is 25.6 Å². The van der Waals surface area contributed by atoms with Crippen molar-refractivity contribution in [1.82, 2.24) is 4.90 Å². The summed E-state index contributed by atoms with van der Waals surface area (Å²) in [6.07, 6.45) is 1.37. The number of ether oxygens (including phenoxy) is 1. The molecule has 1 aromatic rings. The van der Waals surface area contributed by atoms with E-state index in [2.05, 4.69) is 0 Å². The SMILES string of the molecule is O=C(O)CC1CCN(C(=O)COc2ccc(F)cc2F)CC1. The van der Waals surface area contributed by atoms with Crippen LogP contribution in [0.15, 0.2) is 18.2 Å². The lowest BCUT2D eigenvalue weighted by Gasteiger charge is -2.31. The number of hydrogen-bond acceptors (Lipinski definition) is 3. The first-order valence-electron chi connectivity index (χ1n) is 7.03. The van der Waals surface area contributed by atoms with Crippen LogP contribution in [0.25, 0.3) is 0 Å². The summed E-state index contributed by atoms with van der Waals surface area (Å²) in [6, 6.07) is 2.88. The van der Waals surface area contributed by atoms with Crippen molar-refractivity contribution in [2.75, 3.05) is 19.7 Å². The van der Waals surface area contributed by atoms with Crippen molar-refractivity contribution < 1.29 is 28.2 Å². The van der Waals surface area contributed by atoms with Crippen LogP contribution in [0, 0.1) is 17.6 Å². The first-order chi connectivity index (χ1) is 10.5. The topological polar surface area (TPSA) is 66.8 Å². The molecule has 5 nitrogen and oxygen atoms in total. The van der Waals surface area contributed by atoms with Gasteiger partial charge in [-0.25, -0.2) is 8.78 Å². The van der Waals surface area contributed by atoms with Crippen LogP contribution in [0.2, 0.25) is 0 Å². The summed E-state index contributed by atoms with van der Waals surface area (Å²) < 4.78 is 31.2. The first kappa shape index (κ1) is 16.2. The Morgan fingerprint density at radius 3 is 2.55 bits per heavy atom. The number of benzene rings is 1. The van der Waals surface area contributed by atoms with Crippen LogP contribution in [0.4, 0.5) is 8.78 Å². The lowest BCUT2D eigenvalue weighted by atomic mass is 9.94. The minimum atomic E-state index is -0.854. The Kier molecular flexibility index (Phi) is 5.30. The molecule has 1 aliphatic rings. The number of halogens is 2. The van der Waals surface area contributed by atoms with E-state index in [0.717, 1.165) is 12.1 Å². The predicted molar refractivity (Wildman–Crippen MR) is 73.4 cm³/mol. The molecule has 0 saturated carbocycles. The summed E-state index contributed by atoms with van der Waals surface area (Å²) in [6.45, 7) is 0.601. The second kappa shape index (κ2) is 7.20. The van der Waals surface area contributed by atoms with E-state index >= 15 is 0 Å². The Balaban J connectivity index is 1.80. The second-order valence-corrected chi connectivity index (χ2v) is 5.29. The second-order valence-electron chi connectivity index (χ2n) is 5.29. The highest BCUT2D eigenvalue weighted by Crippen LogP contribution is 2.21. The Labute approximate surface area is 126 Å². The smallest absolute Gasteiger partial charge is 0.303 e. The molecule has 1 saturated heterocycles.